The summed E-state index contributed by atoms with van der Waals surface area (Å²) in [6.45, 7) is 0. The Kier molecular flexibility index (Phi) is 2.03. The molecule has 0 fully saturated rings. The van der Waals surface area contributed by atoms with E-state index in [1.165, 1.54) is 0 Å². The number of hydrogen-bond donors (Lipinski definition) is 0. The van der Waals surface area contributed by atoms with Crippen molar-refractivity contribution >= 4 is 38.3 Å². The molecular formula is C9H5BrClN. The molecule has 2 rings (SSSR count). The maximum atomic E-state index is 5.98. The van der Waals surface area contributed by atoms with Gasteiger partial charge in [0, 0.05) is 22.0 Å². The van der Waals surface area contributed by atoms with E-state index >= 15 is 0 Å². The van der Waals surface area contributed by atoms with Gasteiger partial charge in [-0.25, -0.2) is 4.98 Å². The van der Waals surface area contributed by atoms with Crippen LogP contribution in [0.3, 0.4) is 0 Å². The summed E-state index contributed by atoms with van der Waals surface area (Å²) in [5, 5.41) is 2.85. The normalized spacial score (nSPS) is 10.5. The number of benzene rings is 1. The fraction of sp³-hybridized carbons (Fsp3) is 0. The van der Waals surface area contributed by atoms with Crippen molar-refractivity contribution in [2.24, 2.45) is 0 Å². The third kappa shape index (κ3) is 1.32. The van der Waals surface area contributed by atoms with Gasteiger partial charge in [-0.15, -0.1) is 0 Å². The van der Waals surface area contributed by atoms with Crippen molar-refractivity contribution in [2.45, 2.75) is 0 Å². The molecule has 0 saturated heterocycles. The molecule has 0 radical (unpaired) electrons. The van der Waals surface area contributed by atoms with Crippen molar-refractivity contribution in [1.29, 1.82) is 0 Å². The molecule has 0 atom stereocenters. The van der Waals surface area contributed by atoms with Gasteiger partial charge >= 0.3 is 0 Å². The Morgan fingerprint density at radius 1 is 1.33 bits per heavy atom. The second kappa shape index (κ2) is 3.04. The molecular weight excluding hydrogens is 237 g/mol. The molecule has 1 nitrogen and oxygen atoms in total. The van der Waals surface area contributed by atoms with Crippen LogP contribution in [-0.2, 0) is 0 Å². The first kappa shape index (κ1) is 8.02. The molecule has 3 heteroatoms. The van der Waals surface area contributed by atoms with E-state index in [0.717, 1.165) is 20.4 Å². The quantitative estimate of drug-likeness (QED) is 0.643. The molecule has 1 aromatic heterocycles. The van der Waals surface area contributed by atoms with Crippen molar-refractivity contribution in [3.05, 3.63) is 40.1 Å². The number of nitrogens with zero attached hydrogens (tertiary/aromatic N) is 1. The Balaban J connectivity index is 2.88. The van der Waals surface area contributed by atoms with Crippen LogP contribution < -0.4 is 0 Å². The number of pyridine rings is 1. The predicted octanol–water partition coefficient (Wildman–Crippen LogP) is 3.65. The summed E-state index contributed by atoms with van der Waals surface area (Å²) in [4.78, 5) is 4.11. The molecule has 0 aliphatic carbocycles. The second-order valence-electron chi connectivity index (χ2n) is 2.47. The summed E-state index contributed by atoms with van der Waals surface area (Å²) in [6.07, 6.45) is 1.80. The lowest BCUT2D eigenvalue weighted by atomic mass is 10.2. The van der Waals surface area contributed by atoms with Crippen molar-refractivity contribution in [2.75, 3.05) is 0 Å². The van der Waals surface area contributed by atoms with Gasteiger partial charge in [-0.1, -0.05) is 23.7 Å². The maximum Gasteiger partial charge on any atom is 0.106 e. The molecule has 0 aliphatic rings. The molecule has 1 aromatic carbocycles. The molecule has 0 unspecified atom stereocenters. The first-order valence-electron chi connectivity index (χ1n) is 3.47. The van der Waals surface area contributed by atoms with Crippen LogP contribution in [-0.4, -0.2) is 4.98 Å². The van der Waals surface area contributed by atoms with Crippen LogP contribution in [0.5, 0.6) is 0 Å². The summed E-state index contributed by atoms with van der Waals surface area (Å²) in [6, 6.07) is 7.69. The van der Waals surface area contributed by atoms with E-state index in [0.29, 0.717) is 0 Å². The van der Waals surface area contributed by atoms with E-state index in [-0.39, 0.29) is 0 Å². The van der Waals surface area contributed by atoms with Gasteiger partial charge in [-0.3, -0.25) is 0 Å². The summed E-state index contributed by atoms with van der Waals surface area (Å²) < 4.78 is 0.808. The number of halogens is 2. The standard InChI is InChI=1S/C9H5BrClN/c10-9-4-7-6(5-12-9)2-1-3-8(7)11/h1-5H. The number of rotatable bonds is 0. The monoisotopic (exact) mass is 241 g/mol. The minimum atomic E-state index is 0.760. The van der Waals surface area contributed by atoms with Crippen LogP contribution in [0.1, 0.15) is 0 Å². The molecule has 0 N–H and O–H groups in total. The van der Waals surface area contributed by atoms with E-state index in [4.69, 9.17) is 11.6 Å². The topological polar surface area (TPSA) is 12.9 Å². The van der Waals surface area contributed by atoms with Crippen LogP contribution in [0, 0.1) is 0 Å². The lowest BCUT2D eigenvalue weighted by Crippen LogP contribution is -1.77. The molecule has 0 amide bonds. The van der Waals surface area contributed by atoms with Gasteiger partial charge in [0.1, 0.15) is 4.60 Å². The summed E-state index contributed by atoms with van der Waals surface area (Å²) in [5.74, 6) is 0. The van der Waals surface area contributed by atoms with Gasteiger partial charge in [-0.2, -0.15) is 0 Å². The number of aromatic nitrogens is 1. The Morgan fingerprint density at radius 2 is 2.17 bits per heavy atom. The lowest BCUT2D eigenvalue weighted by Gasteiger charge is -1.98. The number of fused-ring (bicyclic) bond motifs is 1. The fourth-order valence-corrected chi connectivity index (χ4v) is 1.67. The highest BCUT2D eigenvalue weighted by molar-refractivity contribution is 9.10. The van der Waals surface area contributed by atoms with E-state index < -0.39 is 0 Å². The van der Waals surface area contributed by atoms with E-state index in [1.807, 2.05) is 24.3 Å². The van der Waals surface area contributed by atoms with Gasteiger partial charge in [0.25, 0.3) is 0 Å². The zero-order chi connectivity index (χ0) is 8.55. The summed E-state index contributed by atoms with van der Waals surface area (Å²) in [7, 11) is 0. The average Bonchev–Trinajstić information content (AvgIpc) is 2.07. The summed E-state index contributed by atoms with van der Waals surface area (Å²) >= 11 is 9.28. The van der Waals surface area contributed by atoms with Gasteiger partial charge in [0.2, 0.25) is 0 Å². The second-order valence-corrected chi connectivity index (χ2v) is 3.69. The third-order valence-corrected chi connectivity index (χ3v) is 2.44. The SMILES string of the molecule is Clc1cccc2cnc(Br)cc12. The van der Waals surface area contributed by atoms with Crippen molar-refractivity contribution in [3.63, 3.8) is 0 Å². The largest absolute Gasteiger partial charge is 0.249 e. The first-order valence-corrected chi connectivity index (χ1v) is 4.64. The third-order valence-electron chi connectivity index (χ3n) is 1.68. The van der Waals surface area contributed by atoms with Crippen LogP contribution >= 0.6 is 27.5 Å². The molecule has 12 heavy (non-hydrogen) atoms. The Hall–Kier alpha value is -0.600. The summed E-state index contributed by atoms with van der Waals surface area (Å²) in [5.41, 5.74) is 0. The van der Waals surface area contributed by atoms with E-state index in [9.17, 15) is 0 Å². The Bertz CT molecular complexity index is 428. The van der Waals surface area contributed by atoms with Crippen LogP contribution in [0.15, 0.2) is 35.1 Å². The molecule has 0 spiro atoms. The lowest BCUT2D eigenvalue weighted by molar-refractivity contribution is 1.31. The molecule has 0 saturated carbocycles. The van der Waals surface area contributed by atoms with Gasteiger partial charge in [0.15, 0.2) is 0 Å². The van der Waals surface area contributed by atoms with Crippen molar-refractivity contribution in [1.82, 2.24) is 4.98 Å². The van der Waals surface area contributed by atoms with E-state index in [1.54, 1.807) is 6.20 Å². The van der Waals surface area contributed by atoms with Crippen LogP contribution in [0.25, 0.3) is 10.8 Å². The van der Waals surface area contributed by atoms with Crippen LogP contribution in [0.4, 0.5) is 0 Å². The fourth-order valence-electron chi connectivity index (χ4n) is 1.11. The van der Waals surface area contributed by atoms with Crippen molar-refractivity contribution < 1.29 is 0 Å². The van der Waals surface area contributed by atoms with E-state index in [2.05, 4.69) is 20.9 Å². The first-order chi connectivity index (χ1) is 5.77. The minimum absolute atomic E-state index is 0.760. The Labute approximate surface area is 83.5 Å². The minimum Gasteiger partial charge on any atom is -0.249 e. The smallest absolute Gasteiger partial charge is 0.106 e. The average molecular weight is 243 g/mol. The molecule has 1 heterocycles. The molecule has 60 valence electrons. The van der Waals surface area contributed by atoms with Gasteiger partial charge in [0.05, 0.1) is 0 Å². The van der Waals surface area contributed by atoms with Crippen LogP contribution in [0.2, 0.25) is 5.02 Å². The van der Waals surface area contributed by atoms with Crippen molar-refractivity contribution in [3.8, 4) is 0 Å². The molecule has 0 bridgehead atoms. The molecule has 0 aliphatic heterocycles. The van der Waals surface area contributed by atoms with Gasteiger partial charge < -0.3 is 0 Å². The highest BCUT2D eigenvalue weighted by Crippen LogP contribution is 2.24. The van der Waals surface area contributed by atoms with Gasteiger partial charge in [-0.05, 0) is 28.1 Å². The zero-order valence-electron chi connectivity index (χ0n) is 6.09. The molecule has 2 aromatic rings. The highest BCUT2D eigenvalue weighted by atomic mass is 79.9. The number of hydrogen-bond acceptors (Lipinski definition) is 1. The maximum absolute atomic E-state index is 5.98. The Morgan fingerprint density at radius 3 is 3.00 bits per heavy atom. The highest BCUT2D eigenvalue weighted by Gasteiger charge is 1.98. The zero-order valence-corrected chi connectivity index (χ0v) is 8.43. The predicted molar refractivity (Wildman–Crippen MR) is 54.5 cm³/mol.